The van der Waals surface area contributed by atoms with Crippen molar-refractivity contribution in [2.75, 3.05) is 19.7 Å². The number of aryl methyl sites for hydroxylation is 3. The van der Waals surface area contributed by atoms with Crippen LogP contribution in [0.3, 0.4) is 0 Å². The molecule has 1 fully saturated rings. The minimum atomic E-state index is -0.692. The third kappa shape index (κ3) is 2.73. The highest BCUT2D eigenvalue weighted by Crippen LogP contribution is 2.33. The average molecular weight is 332 g/mol. The molecule has 0 bridgehead atoms. The van der Waals surface area contributed by atoms with Gasteiger partial charge in [-0.2, -0.15) is 5.10 Å². The minimum Gasteiger partial charge on any atom is -0.368 e. The van der Waals surface area contributed by atoms with E-state index in [-0.39, 0.29) is 12.0 Å². The Morgan fingerprint density at radius 1 is 1.38 bits per heavy atom. The number of carbonyl (C=O) groups is 1. The number of carbonyl (C=O) groups excluding carboxylic acids is 1. The standard InChI is InChI=1S/C17H24N4O3/c1-11-15(12(2)24-19-11)17(3,4)16(22)21-8-9-23-14(10-21)13-6-7-18-20(13)5/h6-7,14H,8-10H2,1-5H3. The minimum absolute atomic E-state index is 0.0624. The maximum Gasteiger partial charge on any atom is 0.233 e. The highest BCUT2D eigenvalue weighted by Gasteiger charge is 2.40. The first kappa shape index (κ1) is 16.7. The fourth-order valence-electron chi connectivity index (χ4n) is 3.59. The Hall–Kier alpha value is -2.15. The molecule has 3 rings (SSSR count). The third-order valence-electron chi connectivity index (χ3n) is 4.74. The Morgan fingerprint density at radius 2 is 2.12 bits per heavy atom. The lowest BCUT2D eigenvalue weighted by Gasteiger charge is -2.37. The topological polar surface area (TPSA) is 73.4 Å². The fourth-order valence-corrected chi connectivity index (χ4v) is 3.59. The fraction of sp³-hybridized carbons (Fsp3) is 0.588. The van der Waals surface area contributed by atoms with E-state index in [1.54, 1.807) is 10.9 Å². The van der Waals surface area contributed by atoms with Crippen molar-refractivity contribution >= 4 is 5.91 Å². The van der Waals surface area contributed by atoms with Crippen molar-refractivity contribution < 1.29 is 14.1 Å². The maximum absolute atomic E-state index is 13.2. The van der Waals surface area contributed by atoms with Crippen LogP contribution in [0, 0.1) is 13.8 Å². The van der Waals surface area contributed by atoms with Crippen molar-refractivity contribution in [2.45, 2.75) is 39.2 Å². The van der Waals surface area contributed by atoms with Gasteiger partial charge >= 0.3 is 0 Å². The Labute approximate surface area is 141 Å². The first-order valence-electron chi connectivity index (χ1n) is 8.14. The van der Waals surface area contributed by atoms with Crippen LogP contribution in [0.15, 0.2) is 16.8 Å². The van der Waals surface area contributed by atoms with Gasteiger partial charge in [0.15, 0.2) is 0 Å². The predicted molar refractivity (Wildman–Crippen MR) is 87.5 cm³/mol. The number of morpholine rings is 1. The molecule has 1 aliphatic rings. The summed E-state index contributed by atoms with van der Waals surface area (Å²) in [6, 6.07) is 1.93. The Balaban J connectivity index is 1.83. The molecule has 3 heterocycles. The third-order valence-corrected chi connectivity index (χ3v) is 4.74. The van der Waals surface area contributed by atoms with Crippen molar-refractivity contribution in [1.29, 1.82) is 0 Å². The summed E-state index contributed by atoms with van der Waals surface area (Å²) in [5.74, 6) is 0.759. The molecule has 0 N–H and O–H groups in total. The van der Waals surface area contributed by atoms with E-state index in [1.807, 2.05) is 45.7 Å². The second-order valence-electron chi connectivity index (χ2n) is 6.81. The van der Waals surface area contributed by atoms with Crippen molar-refractivity contribution in [1.82, 2.24) is 19.8 Å². The summed E-state index contributed by atoms with van der Waals surface area (Å²) in [7, 11) is 1.88. The molecule has 2 aromatic heterocycles. The highest BCUT2D eigenvalue weighted by molar-refractivity contribution is 5.88. The van der Waals surface area contributed by atoms with Gasteiger partial charge in [0, 0.05) is 25.4 Å². The van der Waals surface area contributed by atoms with Crippen LogP contribution >= 0.6 is 0 Å². The molecule has 0 spiro atoms. The Kier molecular flexibility index (Phi) is 4.21. The molecule has 1 saturated heterocycles. The highest BCUT2D eigenvalue weighted by atomic mass is 16.5. The molecule has 7 nitrogen and oxygen atoms in total. The van der Waals surface area contributed by atoms with E-state index in [0.717, 1.165) is 17.0 Å². The number of amides is 1. The zero-order valence-electron chi connectivity index (χ0n) is 14.9. The zero-order chi connectivity index (χ0) is 17.5. The summed E-state index contributed by atoms with van der Waals surface area (Å²) in [6.45, 7) is 9.19. The molecule has 24 heavy (non-hydrogen) atoms. The van der Waals surface area contributed by atoms with Crippen molar-refractivity contribution in [3.63, 3.8) is 0 Å². The first-order chi connectivity index (χ1) is 11.3. The predicted octanol–water partition coefficient (Wildman–Crippen LogP) is 1.90. The largest absolute Gasteiger partial charge is 0.368 e. The lowest BCUT2D eigenvalue weighted by Crippen LogP contribution is -2.49. The van der Waals surface area contributed by atoms with Crippen LogP contribution in [0.25, 0.3) is 0 Å². The molecule has 1 unspecified atom stereocenters. The quantitative estimate of drug-likeness (QED) is 0.858. The van der Waals surface area contributed by atoms with Crippen LogP contribution in [-0.2, 0) is 22.0 Å². The van der Waals surface area contributed by atoms with E-state index in [4.69, 9.17) is 9.26 Å². The van der Waals surface area contributed by atoms with Crippen molar-refractivity contribution in [3.05, 3.63) is 35.0 Å². The summed E-state index contributed by atoms with van der Waals surface area (Å²) in [4.78, 5) is 15.1. The molecular weight excluding hydrogens is 308 g/mol. The normalized spacial score (nSPS) is 18.9. The second-order valence-corrected chi connectivity index (χ2v) is 6.81. The van der Waals surface area contributed by atoms with Crippen molar-refractivity contribution in [3.8, 4) is 0 Å². The van der Waals surface area contributed by atoms with Gasteiger partial charge in [-0.15, -0.1) is 0 Å². The zero-order valence-corrected chi connectivity index (χ0v) is 14.9. The molecule has 0 aliphatic carbocycles. The average Bonchev–Trinajstić information content (AvgIpc) is 3.12. The van der Waals surface area contributed by atoms with Crippen molar-refractivity contribution in [2.24, 2.45) is 7.05 Å². The molecule has 1 amide bonds. The Morgan fingerprint density at radius 3 is 2.71 bits per heavy atom. The van der Waals surface area contributed by atoms with Crippen LogP contribution in [0.1, 0.15) is 42.7 Å². The SMILES string of the molecule is Cc1noc(C)c1C(C)(C)C(=O)N1CCOC(c2ccnn2C)C1. The van der Waals surface area contributed by atoms with Gasteiger partial charge in [0.1, 0.15) is 11.9 Å². The van der Waals surface area contributed by atoms with Gasteiger partial charge in [-0.25, -0.2) is 0 Å². The molecule has 130 valence electrons. The molecule has 0 aromatic carbocycles. The van der Waals surface area contributed by atoms with Gasteiger partial charge in [-0.05, 0) is 33.8 Å². The van der Waals surface area contributed by atoms with E-state index < -0.39 is 5.41 Å². The van der Waals surface area contributed by atoms with Gasteiger partial charge in [-0.3, -0.25) is 9.48 Å². The summed E-state index contributed by atoms with van der Waals surface area (Å²) >= 11 is 0. The number of aromatic nitrogens is 3. The molecular formula is C17H24N4O3. The van der Waals surface area contributed by atoms with Gasteiger partial charge in [0.2, 0.25) is 5.91 Å². The molecule has 0 radical (unpaired) electrons. The summed E-state index contributed by atoms with van der Waals surface area (Å²) in [6.07, 6.45) is 1.59. The number of hydrogen-bond donors (Lipinski definition) is 0. The van der Waals surface area contributed by atoms with E-state index in [1.165, 1.54) is 0 Å². The van der Waals surface area contributed by atoms with Gasteiger partial charge < -0.3 is 14.2 Å². The molecule has 2 aromatic rings. The summed E-state index contributed by atoms with van der Waals surface area (Å²) < 4.78 is 12.9. The number of ether oxygens (including phenoxy) is 1. The molecule has 1 aliphatic heterocycles. The summed E-state index contributed by atoms with van der Waals surface area (Å²) in [5.41, 5.74) is 1.92. The van der Waals surface area contributed by atoms with Crippen LogP contribution in [-0.4, -0.2) is 45.4 Å². The van der Waals surface area contributed by atoms with E-state index >= 15 is 0 Å². The first-order valence-corrected chi connectivity index (χ1v) is 8.14. The van der Waals surface area contributed by atoms with E-state index in [2.05, 4.69) is 10.3 Å². The second kappa shape index (κ2) is 6.05. The van der Waals surface area contributed by atoms with Gasteiger partial charge in [0.05, 0.1) is 30.0 Å². The Bertz CT molecular complexity index is 727. The number of hydrogen-bond acceptors (Lipinski definition) is 5. The van der Waals surface area contributed by atoms with E-state index in [9.17, 15) is 4.79 Å². The summed E-state index contributed by atoms with van der Waals surface area (Å²) in [5, 5.41) is 8.18. The maximum atomic E-state index is 13.2. The molecule has 1 atom stereocenters. The van der Waals surface area contributed by atoms with E-state index in [0.29, 0.717) is 25.5 Å². The van der Waals surface area contributed by atoms with Crippen LogP contribution < -0.4 is 0 Å². The monoisotopic (exact) mass is 332 g/mol. The number of nitrogens with zero attached hydrogens (tertiary/aromatic N) is 4. The van der Waals surface area contributed by atoms with Crippen LogP contribution in [0.5, 0.6) is 0 Å². The number of rotatable bonds is 3. The van der Waals surface area contributed by atoms with Gasteiger partial charge in [-0.1, -0.05) is 5.16 Å². The smallest absolute Gasteiger partial charge is 0.233 e. The lowest BCUT2D eigenvalue weighted by atomic mass is 9.81. The molecule has 0 saturated carbocycles. The van der Waals surface area contributed by atoms with Crippen LogP contribution in [0.4, 0.5) is 0 Å². The van der Waals surface area contributed by atoms with Crippen LogP contribution in [0.2, 0.25) is 0 Å². The molecule has 7 heteroatoms. The van der Waals surface area contributed by atoms with Gasteiger partial charge in [0.25, 0.3) is 0 Å². The lowest BCUT2D eigenvalue weighted by molar-refractivity contribution is -0.144.